The molecule has 18 nitrogen and oxygen atoms in total. The van der Waals surface area contributed by atoms with Gasteiger partial charge in [-0.05, 0) is 41.5 Å². The van der Waals surface area contributed by atoms with E-state index in [4.69, 9.17) is 30.6 Å². The Morgan fingerprint density at radius 3 is 0.457 bits per heavy atom. The number of rotatable bonds is 12. The van der Waals surface area contributed by atoms with Crippen LogP contribution in [0.1, 0.15) is 80.1 Å². The van der Waals surface area contributed by atoms with Gasteiger partial charge in [0.15, 0.2) is 0 Å². The number of aliphatic carboxylic acids is 6. The van der Waals surface area contributed by atoms with Crippen molar-refractivity contribution in [2.45, 2.75) is 117 Å². The van der Waals surface area contributed by atoms with Gasteiger partial charge in [0.2, 0.25) is 0 Å². The van der Waals surface area contributed by atoms with Gasteiger partial charge in [0.25, 0.3) is 0 Å². The Hall–Kier alpha value is 1.24. The number of aliphatic hydroxyl groups excluding tert-OH is 6. The Morgan fingerprint density at radius 1 is 0.391 bits per heavy atom. The van der Waals surface area contributed by atoms with Gasteiger partial charge in [-0.25, -0.2) is 0 Å². The van der Waals surface area contributed by atoms with Crippen LogP contribution in [0.5, 0.6) is 0 Å². The molecule has 0 fully saturated rings. The van der Waals surface area contributed by atoms with Gasteiger partial charge in [-0.1, -0.05) is 0 Å². The first-order valence-corrected chi connectivity index (χ1v) is 12.0. The number of hydrogen-bond donors (Lipinski definition) is 6. The normalized spacial score (nSPS) is 12.3. The molecule has 0 aromatic heterocycles. The van der Waals surface area contributed by atoms with Gasteiger partial charge in [-0.2, -0.15) is 0 Å². The van der Waals surface area contributed by atoms with E-state index in [1.54, 1.807) is 0 Å². The van der Waals surface area contributed by atoms with Crippen LogP contribution in [0, 0.1) is 0 Å². The zero-order valence-electron chi connectivity index (χ0n) is 27.7. The molecule has 6 unspecified atom stereocenters. The summed E-state index contributed by atoms with van der Waals surface area (Å²) in [5.41, 5.74) is 0. The van der Waals surface area contributed by atoms with Gasteiger partial charge in [-0.3, -0.25) is 0 Å². The predicted molar refractivity (Wildman–Crippen MR) is 139 cm³/mol. The quantitative estimate of drug-likeness (QED) is 0.101. The van der Waals surface area contributed by atoms with Gasteiger partial charge < -0.3 is 90.0 Å². The molecule has 0 saturated carbocycles. The zero-order valence-corrected chi connectivity index (χ0v) is 36.4. The summed E-state index contributed by atoms with van der Waals surface area (Å²) in [4.78, 5) is 57.2. The van der Waals surface area contributed by atoms with Crippen LogP contribution in [0.15, 0.2) is 0 Å². The molecule has 6 atom stereocenters. The zero-order chi connectivity index (χ0) is 35.2. The first-order chi connectivity index (χ1) is 18.8. The van der Waals surface area contributed by atoms with Gasteiger partial charge in [0.05, 0.1) is 36.6 Å². The fraction of sp³-hybridized carbons (Fsp3) is 0.750. The molecule has 0 amide bonds. The first kappa shape index (κ1) is 72.8. The largest absolute Gasteiger partial charge is 2.00 e. The molecule has 0 spiro atoms. The molecule has 0 heterocycles. The maximum atomic E-state index is 9.54. The van der Waals surface area contributed by atoms with Gasteiger partial charge in [0.1, 0.15) is 0 Å². The summed E-state index contributed by atoms with van der Waals surface area (Å²) in [6, 6.07) is 0. The number of aliphatic hydroxyl groups is 6. The van der Waals surface area contributed by atoms with Crippen LogP contribution in [0.25, 0.3) is 0 Å². The number of carbonyl (C=O) groups excluding carboxylic acids is 6. The molecule has 0 aliphatic carbocycles. The molecule has 0 aromatic carbocycles. The van der Waals surface area contributed by atoms with Crippen LogP contribution in [0.3, 0.4) is 0 Å². The van der Waals surface area contributed by atoms with E-state index in [2.05, 4.69) is 0 Å². The van der Waals surface area contributed by atoms with E-state index in [9.17, 15) is 59.4 Å². The Labute approximate surface area is 378 Å². The molecule has 252 valence electrons. The monoisotopic (exact) mass is 744 g/mol. The van der Waals surface area contributed by atoms with Crippen molar-refractivity contribution in [1.29, 1.82) is 0 Å². The first-order valence-electron chi connectivity index (χ1n) is 12.0. The molecular weight excluding hydrogens is 703 g/mol. The smallest absolute Gasteiger partial charge is 0.550 e. The molecule has 0 rings (SSSR count). The van der Waals surface area contributed by atoms with Crippen molar-refractivity contribution in [1.82, 2.24) is 0 Å². The van der Waals surface area contributed by atoms with Crippen LogP contribution in [0.4, 0.5) is 0 Å². The van der Waals surface area contributed by atoms with Gasteiger partial charge in [-0.15, -0.1) is 0 Å². The van der Waals surface area contributed by atoms with Crippen molar-refractivity contribution >= 4 is 96.6 Å². The van der Waals surface area contributed by atoms with Crippen molar-refractivity contribution < 1.29 is 171 Å². The summed E-state index contributed by atoms with van der Waals surface area (Å²) in [6.45, 7) is 8.39. The molecule has 6 N–H and O–H groups in total. The SMILES string of the molecule is CC(O)CC(=O)[O-].CC(O)CC(=O)[O-].CC(O)CC(=O)[O-].CC(O)CC(=O)[O-].CC(O)CC(=O)[O-].CC(O)CC(=O)[O-].[Ca+2].[K+].[Mg+2].[Na+]. The van der Waals surface area contributed by atoms with Crippen LogP contribution < -0.4 is 112 Å². The van der Waals surface area contributed by atoms with E-state index in [0.29, 0.717) is 0 Å². The third-order valence-electron chi connectivity index (χ3n) is 2.77. The van der Waals surface area contributed by atoms with E-state index >= 15 is 0 Å². The number of carbonyl (C=O) groups is 6. The second-order valence-corrected chi connectivity index (χ2v) is 8.55. The maximum absolute atomic E-state index is 9.54. The third-order valence-corrected chi connectivity index (χ3v) is 2.77. The molecule has 46 heavy (non-hydrogen) atoms. The summed E-state index contributed by atoms with van der Waals surface area (Å²) in [6.07, 6.45) is -6.39. The van der Waals surface area contributed by atoms with Crippen molar-refractivity contribution in [3.8, 4) is 0 Å². The fourth-order valence-corrected chi connectivity index (χ4v) is 1.45. The minimum atomic E-state index is -1.21. The van der Waals surface area contributed by atoms with Crippen LogP contribution in [-0.4, -0.2) is 164 Å². The minimum Gasteiger partial charge on any atom is -0.550 e. The molecule has 0 aliphatic heterocycles. The summed E-state index contributed by atoms with van der Waals surface area (Å²) < 4.78 is 0. The van der Waals surface area contributed by atoms with Gasteiger partial charge in [0, 0.05) is 74.3 Å². The Kier molecular flexibility index (Phi) is 80.1. The van der Waals surface area contributed by atoms with Crippen molar-refractivity contribution in [3.05, 3.63) is 0 Å². The number of carboxylic acids is 6. The fourth-order valence-electron chi connectivity index (χ4n) is 1.45. The topological polar surface area (TPSA) is 362 Å². The van der Waals surface area contributed by atoms with Crippen molar-refractivity contribution in [2.75, 3.05) is 0 Å². The molecule has 0 aromatic rings. The molecule has 22 heteroatoms. The van der Waals surface area contributed by atoms with E-state index in [1.807, 2.05) is 0 Å². The van der Waals surface area contributed by atoms with E-state index < -0.39 is 72.4 Å². The standard InChI is InChI=1S/6C4H8O3.Ca.K.Mg.Na/c6*1-3(5)2-4(6)7;;;;/h6*3,5H,2H2,1H3,(H,6,7);;;;/q;;;;;;+2;+1;+2;+1/p-6. The number of carboxylic acid groups (broad SMARTS) is 6. The molecule has 0 bridgehead atoms. The van der Waals surface area contributed by atoms with E-state index in [-0.39, 0.29) is 180 Å². The second-order valence-electron chi connectivity index (χ2n) is 8.55. The Bertz CT molecular complexity index is 587. The molecule has 0 saturated heterocycles. The van der Waals surface area contributed by atoms with Crippen LogP contribution >= 0.6 is 0 Å². The van der Waals surface area contributed by atoms with Crippen LogP contribution in [-0.2, 0) is 28.8 Å². The Balaban J connectivity index is -0.0000000415. The van der Waals surface area contributed by atoms with Gasteiger partial charge >= 0.3 is 142 Å². The summed E-state index contributed by atoms with van der Waals surface area (Å²) in [5, 5.41) is 107. The van der Waals surface area contributed by atoms with Crippen LogP contribution in [0.2, 0.25) is 0 Å². The van der Waals surface area contributed by atoms with E-state index in [1.165, 1.54) is 41.5 Å². The number of hydrogen-bond acceptors (Lipinski definition) is 18. The molecule has 0 radical (unpaired) electrons. The second kappa shape index (κ2) is 50.6. The minimum absolute atomic E-state index is 0. The summed E-state index contributed by atoms with van der Waals surface area (Å²) >= 11 is 0. The van der Waals surface area contributed by atoms with E-state index in [0.717, 1.165) is 0 Å². The van der Waals surface area contributed by atoms with Crippen molar-refractivity contribution in [2.24, 2.45) is 0 Å². The average Bonchev–Trinajstić information content (AvgIpc) is 2.63. The molecule has 0 aliphatic rings. The average molecular weight is 745 g/mol. The Morgan fingerprint density at radius 2 is 0.457 bits per heavy atom. The third kappa shape index (κ3) is 139. The predicted octanol–water partition coefficient (Wildman–Crippen LogP) is -15.7. The molecular formula is C24H42CaKMgNaO18. The maximum Gasteiger partial charge on any atom is 2.00 e. The summed E-state index contributed by atoms with van der Waals surface area (Å²) in [5.74, 6) is -7.28. The van der Waals surface area contributed by atoms with Crippen molar-refractivity contribution in [3.63, 3.8) is 0 Å². The summed E-state index contributed by atoms with van der Waals surface area (Å²) in [7, 11) is 0.